The van der Waals surface area contributed by atoms with E-state index in [1.54, 1.807) is 11.8 Å². The van der Waals surface area contributed by atoms with Crippen LogP contribution in [0.4, 0.5) is 0 Å². The van der Waals surface area contributed by atoms with Crippen LogP contribution in [0.2, 0.25) is 0 Å². The number of amides is 1. The van der Waals surface area contributed by atoms with Crippen molar-refractivity contribution in [2.24, 2.45) is 5.92 Å². The summed E-state index contributed by atoms with van der Waals surface area (Å²) >= 11 is 1.75. The smallest absolute Gasteiger partial charge is 0.326 e. The summed E-state index contributed by atoms with van der Waals surface area (Å²) in [6, 6.07) is -0.741. The normalized spacial score (nSPS) is 12.4. The average Bonchev–Trinajstić information content (AvgIpc) is 2.20. The molecule has 0 aliphatic carbocycles. The molecule has 4 nitrogen and oxygen atoms in total. The van der Waals surface area contributed by atoms with Gasteiger partial charge in [-0.05, 0) is 30.3 Å². The zero-order valence-electron chi connectivity index (χ0n) is 9.94. The van der Waals surface area contributed by atoms with Gasteiger partial charge in [-0.1, -0.05) is 20.3 Å². The Morgan fingerprint density at radius 3 is 2.56 bits per heavy atom. The molecule has 0 radical (unpaired) electrons. The first-order valence-electron chi connectivity index (χ1n) is 5.58. The molecule has 0 aromatic rings. The van der Waals surface area contributed by atoms with Crippen molar-refractivity contribution in [3.8, 4) is 0 Å². The van der Waals surface area contributed by atoms with Crippen molar-refractivity contribution in [3.05, 3.63) is 0 Å². The van der Waals surface area contributed by atoms with Crippen LogP contribution in [0.25, 0.3) is 0 Å². The third-order valence-corrected chi connectivity index (χ3v) is 3.29. The predicted molar refractivity (Wildman–Crippen MR) is 66.6 cm³/mol. The van der Waals surface area contributed by atoms with Gasteiger partial charge in [-0.2, -0.15) is 11.8 Å². The first-order chi connectivity index (χ1) is 7.57. The molecule has 0 bridgehead atoms. The van der Waals surface area contributed by atoms with Crippen molar-refractivity contribution in [1.82, 2.24) is 5.32 Å². The van der Waals surface area contributed by atoms with Crippen LogP contribution in [0.5, 0.6) is 0 Å². The van der Waals surface area contributed by atoms with E-state index in [4.69, 9.17) is 5.11 Å². The van der Waals surface area contributed by atoms with E-state index in [0.717, 1.165) is 17.4 Å². The topological polar surface area (TPSA) is 66.4 Å². The highest BCUT2D eigenvalue weighted by atomic mass is 32.2. The molecule has 0 heterocycles. The minimum atomic E-state index is -0.963. The van der Waals surface area contributed by atoms with Crippen LogP contribution < -0.4 is 5.32 Å². The molecule has 1 atom stereocenters. The number of thioether (sulfide) groups is 1. The van der Waals surface area contributed by atoms with Crippen molar-refractivity contribution < 1.29 is 14.7 Å². The summed E-state index contributed by atoms with van der Waals surface area (Å²) in [5.41, 5.74) is 0. The minimum absolute atomic E-state index is 0.447. The largest absolute Gasteiger partial charge is 0.480 e. The molecule has 5 heteroatoms. The maximum absolute atomic E-state index is 10.7. The predicted octanol–water partition coefficient (Wildman–Crippen LogP) is 1.75. The summed E-state index contributed by atoms with van der Waals surface area (Å²) in [6.07, 6.45) is 3.31. The maximum atomic E-state index is 10.7. The van der Waals surface area contributed by atoms with E-state index in [2.05, 4.69) is 19.2 Å². The summed E-state index contributed by atoms with van der Waals surface area (Å²) in [7, 11) is 0. The fourth-order valence-corrected chi connectivity index (χ4v) is 2.23. The molecule has 0 rings (SSSR count). The van der Waals surface area contributed by atoms with Crippen molar-refractivity contribution in [2.45, 2.75) is 39.2 Å². The number of aliphatic carboxylic acids is 1. The number of nitrogens with one attached hydrogen (secondary N) is 1. The van der Waals surface area contributed by atoms with Gasteiger partial charge in [-0.3, -0.25) is 4.79 Å². The Balaban J connectivity index is 3.47. The van der Waals surface area contributed by atoms with Gasteiger partial charge in [0, 0.05) is 0 Å². The van der Waals surface area contributed by atoms with Crippen molar-refractivity contribution in [1.29, 1.82) is 0 Å². The zero-order chi connectivity index (χ0) is 12.4. The Labute approximate surface area is 101 Å². The molecule has 0 aromatic heterocycles. The van der Waals surface area contributed by atoms with Gasteiger partial charge in [0.2, 0.25) is 6.41 Å². The molecule has 0 aromatic carbocycles. The first kappa shape index (κ1) is 15.3. The van der Waals surface area contributed by atoms with Gasteiger partial charge in [0.25, 0.3) is 0 Å². The van der Waals surface area contributed by atoms with Crippen molar-refractivity contribution in [2.75, 3.05) is 11.5 Å². The fourth-order valence-electron chi connectivity index (χ4n) is 1.26. The first-order valence-corrected chi connectivity index (χ1v) is 6.73. The highest BCUT2D eigenvalue weighted by Gasteiger charge is 2.15. The standard InChI is InChI=1S/C11H21NO3S/c1-9(2)4-3-6-16-7-5-10(11(14)15)12-8-13/h8-10H,3-7H2,1-2H3,(H,12,13)(H,14,15). The Bertz CT molecular complexity index is 209. The van der Waals surface area contributed by atoms with Crippen LogP contribution in [0.1, 0.15) is 33.1 Å². The van der Waals surface area contributed by atoms with E-state index in [1.807, 2.05) is 0 Å². The summed E-state index contributed by atoms with van der Waals surface area (Å²) in [4.78, 5) is 20.8. The Hall–Kier alpha value is -0.710. The third-order valence-electron chi connectivity index (χ3n) is 2.19. The lowest BCUT2D eigenvalue weighted by Gasteiger charge is -2.10. The molecule has 0 spiro atoms. The number of carbonyl (C=O) groups is 2. The summed E-state index contributed by atoms with van der Waals surface area (Å²) in [6.45, 7) is 4.39. The van der Waals surface area contributed by atoms with E-state index in [0.29, 0.717) is 12.8 Å². The summed E-state index contributed by atoms with van der Waals surface area (Å²) < 4.78 is 0. The number of hydrogen-bond acceptors (Lipinski definition) is 3. The Morgan fingerprint density at radius 1 is 1.38 bits per heavy atom. The van der Waals surface area contributed by atoms with Gasteiger partial charge in [0.05, 0.1) is 0 Å². The lowest BCUT2D eigenvalue weighted by atomic mass is 10.1. The SMILES string of the molecule is CC(C)CCCSCCC(NC=O)C(=O)O. The molecule has 1 unspecified atom stereocenters. The van der Waals surface area contributed by atoms with Crippen molar-refractivity contribution >= 4 is 24.1 Å². The number of rotatable bonds is 10. The van der Waals surface area contributed by atoms with E-state index in [-0.39, 0.29) is 0 Å². The molecule has 2 N–H and O–H groups in total. The third kappa shape index (κ3) is 8.59. The highest BCUT2D eigenvalue weighted by Crippen LogP contribution is 2.11. The number of carboxylic acid groups (broad SMARTS) is 1. The second-order valence-corrected chi connectivity index (χ2v) is 5.34. The van der Waals surface area contributed by atoms with Crippen LogP contribution >= 0.6 is 11.8 Å². The molecule has 94 valence electrons. The van der Waals surface area contributed by atoms with Crippen LogP contribution in [0.15, 0.2) is 0 Å². The summed E-state index contributed by atoms with van der Waals surface area (Å²) in [5, 5.41) is 11.0. The van der Waals surface area contributed by atoms with E-state index in [9.17, 15) is 9.59 Å². The molecule has 0 aliphatic heterocycles. The van der Waals surface area contributed by atoms with Gasteiger partial charge in [0.1, 0.15) is 6.04 Å². The molecule has 0 fully saturated rings. The number of carbonyl (C=O) groups excluding carboxylic acids is 1. The number of hydrogen-bond donors (Lipinski definition) is 2. The quantitative estimate of drug-likeness (QED) is 0.456. The average molecular weight is 247 g/mol. The van der Waals surface area contributed by atoms with Gasteiger partial charge < -0.3 is 10.4 Å². The maximum Gasteiger partial charge on any atom is 0.326 e. The van der Waals surface area contributed by atoms with Crippen LogP contribution in [0.3, 0.4) is 0 Å². The van der Waals surface area contributed by atoms with E-state index < -0.39 is 12.0 Å². The van der Waals surface area contributed by atoms with Gasteiger partial charge in [-0.25, -0.2) is 4.79 Å². The van der Waals surface area contributed by atoms with E-state index >= 15 is 0 Å². The van der Waals surface area contributed by atoms with Crippen LogP contribution in [-0.4, -0.2) is 35.0 Å². The fraction of sp³-hybridized carbons (Fsp3) is 0.818. The minimum Gasteiger partial charge on any atom is -0.480 e. The molecular formula is C11H21NO3S. The number of carboxylic acids is 1. The molecular weight excluding hydrogens is 226 g/mol. The molecule has 16 heavy (non-hydrogen) atoms. The van der Waals surface area contributed by atoms with Crippen LogP contribution in [-0.2, 0) is 9.59 Å². The Kier molecular flexibility index (Phi) is 9.09. The van der Waals surface area contributed by atoms with Gasteiger partial charge in [-0.15, -0.1) is 0 Å². The van der Waals surface area contributed by atoms with Gasteiger partial charge in [0.15, 0.2) is 0 Å². The summed E-state index contributed by atoms with van der Waals surface area (Å²) in [5.74, 6) is 1.60. The second kappa shape index (κ2) is 9.51. The van der Waals surface area contributed by atoms with Crippen LogP contribution in [0, 0.1) is 5.92 Å². The molecule has 0 saturated carbocycles. The Morgan fingerprint density at radius 2 is 2.06 bits per heavy atom. The molecule has 0 aliphatic rings. The molecule has 1 amide bonds. The van der Waals surface area contributed by atoms with E-state index in [1.165, 1.54) is 12.8 Å². The lowest BCUT2D eigenvalue weighted by molar-refractivity contribution is -0.140. The van der Waals surface area contributed by atoms with Gasteiger partial charge >= 0.3 is 5.97 Å². The lowest BCUT2D eigenvalue weighted by Crippen LogP contribution is -2.36. The van der Waals surface area contributed by atoms with Crippen molar-refractivity contribution in [3.63, 3.8) is 0 Å². The monoisotopic (exact) mass is 247 g/mol. The zero-order valence-corrected chi connectivity index (χ0v) is 10.8. The second-order valence-electron chi connectivity index (χ2n) is 4.11. The molecule has 0 saturated heterocycles. The highest BCUT2D eigenvalue weighted by molar-refractivity contribution is 7.99.